The lowest BCUT2D eigenvalue weighted by Crippen LogP contribution is -2.26. The molecule has 0 bridgehead atoms. The van der Waals surface area contributed by atoms with Crippen LogP contribution in [0.25, 0.3) is 0 Å². The third kappa shape index (κ3) is 5.42. The highest BCUT2D eigenvalue weighted by Gasteiger charge is 2.21. The molecule has 11 nitrogen and oxygen atoms in total. The lowest BCUT2D eigenvalue weighted by Gasteiger charge is -2.10. The first kappa shape index (κ1) is 21.1. The first-order chi connectivity index (χ1) is 12.9. The zero-order chi connectivity index (χ0) is 21.1. The van der Waals surface area contributed by atoms with Crippen molar-refractivity contribution in [3.05, 3.63) is 48.0 Å². The maximum Gasteiger partial charge on any atom is 0.339 e. The molecule has 0 aliphatic carbocycles. The summed E-state index contributed by atoms with van der Waals surface area (Å²) in [7, 11) is -9.04. The molecule has 2 aromatic rings. The number of nitrogens with zero attached hydrogens (tertiary/aromatic N) is 2. The van der Waals surface area contributed by atoms with Gasteiger partial charge in [0.1, 0.15) is 15.5 Å². The molecule has 2 aromatic carbocycles. The van der Waals surface area contributed by atoms with Crippen LogP contribution in [0.3, 0.4) is 0 Å². The molecular formula is C15H17N5O6S2. The molecule has 7 N–H and O–H groups in total. The van der Waals surface area contributed by atoms with Gasteiger partial charge in [0.15, 0.2) is 5.96 Å². The molecule has 0 spiro atoms. The summed E-state index contributed by atoms with van der Waals surface area (Å²) < 4.78 is 62.3. The lowest BCUT2D eigenvalue weighted by molar-refractivity contribution is 0.475. The Hall–Kier alpha value is -3.16. The molecule has 0 unspecified atom stereocenters. The smallest absolute Gasteiger partial charge is 0.339 e. The van der Waals surface area contributed by atoms with Crippen molar-refractivity contribution in [1.82, 2.24) is 0 Å². The van der Waals surface area contributed by atoms with Crippen LogP contribution in [-0.4, -0.2) is 33.3 Å². The minimum Gasteiger partial charge on any atom is -0.379 e. The Morgan fingerprint density at radius 1 is 1.00 bits per heavy atom. The fourth-order valence-corrected chi connectivity index (χ4v) is 3.57. The Bertz CT molecular complexity index is 1150. The molecule has 0 fully saturated rings. The Kier molecular flexibility index (Phi) is 5.92. The van der Waals surface area contributed by atoms with E-state index in [2.05, 4.69) is 9.98 Å². The minimum atomic E-state index is -4.80. The molecule has 0 aliphatic heterocycles. The average Bonchev–Trinajstić information content (AvgIpc) is 2.54. The molecule has 0 aliphatic rings. The zero-order valence-electron chi connectivity index (χ0n) is 14.5. The second-order valence-corrected chi connectivity index (χ2v) is 8.40. The predicted molar refractivity (Wildman–Crippen MR) is 102 cm³/mol. The second-order valence-electron chi connectivity index (χ2n) is 5.46. The number of aryl methyl sites for hydroxylation is 1. The maximum atomic E-state index is 12.3. The van der Waals surface area contributed by atoms with Crippen molar-refractivity contribution in [2.45, 2.75) is 16.7 Å². The van der Waals surface area contributed by atoms with Gasteiger partial charge in [-0.1, -0.05) is 17.7 Å². The molecule has 28 heavy (non-hydrogen) atoms. The molecule has 0 heterocycles. The van der Waals surface area contributed by atoms with Crippen LogP contribution in [0, 0.1) is 6.92 Å². The number of hydrogen-bond donors (Lipinski definition) is 4. The van der Waals surface area contributed by atoms with E-state index in [-0.39, 0.29) is 16.3 Å². The van der Waals surface area contributed by atoms with Crippen molar-refractivity contribution in [2.75, 3.05) is 0 Å². The Morgan fingerprint density at radius 2 is 1.61 bits per heavy atom. The van der Waals surface area contributed by atoms with Crippen LogP contribution in [0.4, 0.5) is 5.69 Å². The van der Waals surface area contributed by atoms with Crippen molar-refractivity contribution in [3.8, 4) is 5.75 Å². The number of nitrogens with two attached hydrogens (primary N) is 3. The Morgan fingerprint density at radius 3 is 2.14 bits per heavy atom. The first-order valence-corrected chi connectivity index (χ1v) is 10.3. The average molecular weight is 427 g/mol. The van der Waals surface area contributed by atoms with Crippen molar-refractivity contribution in [2.24, 2.45) is 27.2 Å². The van der Waals surface area contributed by atoms with Crippen LogP contribution in [0.1, 0.15) is 5.56 Å². The van der Waals surface area contributed by atoms with Gasteiger partial charge in [0.25, 0.3) is 10.1 Å². The fraction of sp³-hybridized carbons (Fsp3) is 0.0667. The molecule has 13 heteroatoms. The Balaban J connectivity index is 2.48. The predicted octanol–water partition coefficient (Wildman–Crippen LogP) is 0.229. The monoisotopic (exact) mass is 427 g/mol. The first-order valence-electron chi connectivity index (χ1n) is 7.45. The summed E-state index contributed by atoms with van der Waals surface area (Å²) in [5.74, 6) is -1.27. The summed E-state index contributed by atoms with van der Waals surface area (Å²) in [6, 6.07) is 8.79. The molecule has 0 saturated heterocycles. The van der Waals surface area contributed by atoms with Gasteiger partial charge in [0.2, 0.25) is 5.96 Å². The number of rotatable bonds is 5. The summed E-state index contributed by atoms with van der Waals surface area (Å²) in [5, 5.41) is 0. The van der Waals surface area contributed by atoms with Gasteiger partial charge < -0.3 is 21.4 Å². The lowest BCUT2D eigenvalue weighted by atomic mass is 10.2. The van der Waals surface area contributed by atoms with E-state index >= 15 is 0 Å². The molecule has 2 rings (SSSR count). The van der Waals surface area contributed by atoms with E-state index in [1.165, 1.54) is 12.1 Å². The number of guanidine groups is 2. The van der Waals surface area contributed by atoms with E-state index in [0.29, 0.717) is 0 Å². The van der Waals surface area contributed by atoms with Gasteiger partial charge in [-0.25, -0.2) is 4.99 Å². The van der Waals surface area contributed by atoms with Crippen molar-refractivity contribution < 1.29 is 25.6 Å². The van der Waals surface area contributed by atoms with Gasteiger partial charge in [0.05, 0.1) is 5.69 Å². The maximum absolute atomic E-state index is 12.3. The van der Waals surface area contributed by atoms with E-state index in [0.717, 1.165) is 23.8 Å². The summed E-state index contributed by atoms with van der Waals surface area (Å²) in [5.41, 5.74) is 16.2. The van der Waals surface area contributed by atoms with E-state index in [9.17, 15) is 21.4 Å². The van der Waals surface area contributed by atoms with E-state index in [4.69, 9.17) is 21.4 Å². The summed E-state index contributed by atoms with van der Waals surface area (Å²) in [4.78, 5) is 6.21. The molecule has 0 saturated carbocycles. The zero-order valence-corrected chi connectivity index (χ0v) is 16.1. The standard InChI is InChI=1S/C15H17N5O6S2/c1-9-2-5-11(6-3-9)28(24,25)26-10-4-7-12(13(8-10)27(21,22)23)19-15(18)20-14(16)17/h2-8H,1H3,(H,21,22,23)(H6,16,17,18,19,20). The quantitative estimate of drug-likeness (QED) is 0.223. The third-order valence-corrected chi connectivity index (χ3v) is 5.35. The minimum absolute atomic E-state index is 0.134. The van der Waals surface area contributed by atoms with Crippen LogP contribution in [0.5, 0.6) is 5.75 Å². The molecule has 150 valence electrons. The number of hydrogen-bond acceptors (Lipinski definition) is 6. The summed E-state index contributed by atoms with van der Waals surface area (Å²) in [6.07, 6.45) is 0. The number of aliphatic imine (C=N–C) groups is 2. The van der Waals surface area contributed by atoms with Crippen LogP contribution < -0.4 is 21.4 Å². The molecule has 0 radical (unpaired) electrons. The van der Waals surface area contributed by atoms with Gasteiger partial charge in [-0.3, -0.25) is 4.55 Å². The topological polar surface area (TPSA) is 201 Å². The highest BCUT2D eigenvalue weighted by atomic mass is 32.2. The Labute approximate surface area is 161 Å². The van der Waals surface area contributed by atoms with Gasteiger partial charge in [-0.05, 0) is 31.2 Å². The van der Waals surface area contributed by atoms with E-state index < -0.39 is 37.1 Å². The van der Waals surface area contributed by atoms with Gasteiger partial charge in [-0.15, -0.1) is 0 Å². The van der Waals surface area contributed by atoms with Crippen LogP contribution in [0.2, 0.25) is 0 Å². The van der Waals surface area contributed by atoms with Gasteiger partial charge >= 0.3 is 10.1 Å². The third-order valence-electron chi connectivity index (χ3n) is 3.20. The van der Waals surface area contributed by atoms with E-state index in [1.807, 2.05) is 0 Å². The normalized spacial score (nSPS) is 12.4. The van der Waals surface area contributed by atoms with Gasteiger partial charge in [0, 0.05) is 6.07 Å². The van der Waals surface area contributed by atoms with E-state index in [1.54, 1.807) is 19.1 Å². The molecule has 0 amide bonds. The van der Waals surface area contributed by atoms with Crippen LogP contribution in [0.15, 0.2) is 62.2 Å². The largest absolute Gasteiger partial charge is 0.379 e. The van der Waals surface area contributed by atoms with Crippen molar-refractivity contribution >= 4 is 37.8 Å². The summed E-state index contributed by atoms with van der Waals surface area (Å²) >= 11 is 0. The fourth-order valence-electron chi connectivity index (χ4n) is 2.01. The van der Waals surface area contributed by atoms with Crippen LogP contribution in [-0.2, 0) is 20.2 Å². The molecular weight excluding hydrogens is 410 g/mol. The second kappa shape index (κ2) is 7.84. The van der Waals surface area contributed by atoms with Crippen LogP contribution >= 0.6 is 0 Å². The highest BCUT2D eigenvalue weighted by molar-refractivity contribution is 7.87. The highest BCUT2D eigenvalue weighted by Crippen LogP contribution is 2.30. The molecule has 0 aromatic heterocycles. The van der Waals surface area contributed by atoms with Crippen molar-refractivity contribution in [3.63, 3.8) is 0 Å². The van der Waals surface area contributed by atoms with Gasteiger partial charge in [-0.2, -0.15) is 21.8 Å². The summed E-state index contributed by atoms with van der Waals surface area (Å²) in [6.45, 7) is 1.78. The van der Waals surface area contributed by atoms with Crippen molar-refractivity contribution in [1.29, 1.82) is 0 Å². The molecule has 0 atom stereocenters. The SMILES string of the molecule is Cc1ccc(S(=O)(=O)Oc2ccc(N=C(N)N=C(N)N)c(S(=O)(=O)O)c2)cc1. The number of benzene rings is 2.